The van der Waals surface area contributed by atoms with E-state index in [1.54, 1.807) is 18.2 Å². The average Bonchev–Trinajstić information content (AvgIpc) is 2.46. The second-order valence-electron chi connectivity index (χ2n) is 3.90. The van der Waals surface area contributed by atoms with Crippen LogP contribution in [0.15, 0.2) is 42.6 Å². The van der Waals surface area contributed by atoms with Crippen LogP contribution in [0.5, 0.6) is 0 Å². The number of anilines is 1. The van der Waals surface area contributed by atoms with E-state index in [-0.39, 0.29) is 12.2 Å². The van der Waals surface area contributed by atoms with Crippen LogP contribution in [0.1, 0.15) is 16.1 Å². The predicted molar refractivity (Wildman–Crippen MR) is 74.5 cm³/mol. The molecule has 2 aromatic rings. The highest BCUT2D eigenvalue weighted by molar-refractivity contribution is 6.02. The van der Waals surface area contributed by atoms with Crippen LogP contribution in [0.2, 0.25) is 0 Å². The minimum Gasteiger partial charge on any atom is -0.321 e. The van der Waals surface area contributed by atoms with E-state index in [0.717, 1.165) is 11.8 Å². The predicted octanol–water partition coefficient (Wildman–Crippen LogP) is 1.78. The normalized spacial score (nSPS) is 9.50. The van der Waals surface area contributed by atoms with E-state index < -0.39 is 11.7 Å². The second-order valence-corrected chi connectivity index (χ2v) is 3.90. The van der Waals surface area contributed by atoms with Gasteiger partial charge in [-0.3, -0.25) is 4.79 Å². The Morgan fingerprint density at radius 2 is 2.20 bits per heavy atom. The summed E-state index contributed by atoms with van der Waals surface area (Å²) in [5, 5.41) is 2.67. The van der Waals surface area contributed by atoms with Crippen molar-refractivity contribution >= 4 is 11.6 Å². The molecule has 0 fully saturated rings. The summed E-state index contributed by atoms with van der Waals surface area (Å²) in [4.78, 5) is 15.6. The van der Waals surface area contributed by atoms with Gasteiger partial charge in [-0.05, 0) is 30.3 Å². The Morgan fingerprint density at radius 1 is 1.35 bits per heavy atom. The van der Waals surface area contributed by atoms with Crippen molar-refractivity contribution in [1.82, 2.24) is 4.98 Å². The molecule has 5 heteroatoms. The highest BCUT2D eigenvalue weighted by Gasteiger charge is 2.07. The van der Waals surface area contributed by atoms with Gasteiger partial charge in [0.15, 0.2) is 0 Å². The quantitative estimate of drug-likeness (QED) is 0.817. The first kappa shape index (κ1) is 13.7. The Morgan fingerprint density at radius 3 is 2.90 bits per heavy atom. The van der Waals surface area contributed by atoms with Crippen molar-refractivity contribution in [2.45, 2.75) is 0 Å². The summed E-state index contributed by atoms with van der Waals surface area (Å²) in [7, 11) is 0. The van der Waals surface area contributed by atoms with E-state index in [9.17, 15) is 9.18 Å². The van der Waals surface area contributed by atoms with Crippen molar-refractivity contribution in [2.24, 2.45) is 5.73 Å². The summed E-state index contributed by atoms with van der Waals surface area (Å²) >= 11 is 0. The van der Waals surface area contributed by atoms with E-state index >= 15 is 0 Å². The first-order valence-corrected chi connectivity index (χ1v) is 5.91. The van der Waals surface area contributed by atoms with Gasteiger partial charge in [0.2, 0.25) is 0 Å². The number of pyridine rings is 1. The minimum absolute atomic E-state index is 0.143. The van der Waals surface area contributed by atoms with E-state index in [2.05, 4.69) is 22.1 Å². The van der Waals surface area contributed by atoms with E-state index in [0.29, 0.717) is 5.69 Å². The fourth-order valence-electron chi connectivity index (χ4n) is 1.53. The van der Waals surface area contributed by atoms with Crippen molar-refractivity contribution < 1.29 is 9.18 Å². The van der Waals surface area contributed by atoms with Crippen molar-refractivity contribution in [3.8, 4) is 11.8 Å². The largest absolute Gasteiger partial charge is 0.321 e. The van der Waals surface area contributed by atoms with Crippen LogP contribution in [0.25, 0.3) is 0 Å². The molecule has 0 unspecified atom stereocenters. The molecule has 1 aromatic carbocycles. The van der Waals surface area contributed by atoms with Crippen LogP contribution < -0.4 is 11.1 Å². The number of hydrogen-bond donors (Lipinski definition) is 2. The summed E-state index contributed by atoms with van der Waals surface area (Å²) in [6, 6.07) is 9.55. The Balaban J connectivity index is 2.13. The molecule has 0 aliphatic heterocycles. The smallest absolute Gasteiger partial charge is 0.274 e. The van der Waals surface area contributed by atoms with Gasteiger partial charge in [0.25, 0.3) is 5.91 Å². The molecule has 0 aliphatic rings. The van der Waals surface area contributed by atoms with Gasteiger partial charge in [-0.15, -0.1) is 0 Å². The number of amides is 1. The van der Waals surface area contributed by atoms with Crippen LogP contribution in [0, 0.1) is 17.7 Å². The molecule has 0 saturated heterocycles. The molecule has 100 valence electrons. The highest BCUT2D eigenvalue weighted by Crippen LogP contribution is 2.11. The summed E-state index contributed by atoms with van der Waals surface area (Å²) in [6.45, 7) is 0.274. The molecule has 1 heterocycles. The van der Waals surface area contributed by atoms with Crippen molar-refractivity contribution in [3.05, 3.63) is 59.7 Å². The summed E-state index contributed by atoms with van der Waals surface area (Å²) in [5.41, 5.74) is 6.78. The fraction of sp³-hybridized carbons (Fsp3) is 0.0667. The zero-order valence-electron chi connectivity index (χ0n) is 10.6. The number of rotatable bonds is 2. The molecule has 1 aromatic heterocycles. The van der Waals surface area contributed by atoms with Gasteiger partial charge in [0, 0.05) is 11.3 Å². The third-order valence-corrected chi connectivity index (χ3v) is 2.42. The number of nitrogens with two attached hydrogens (primary N) is 1. The Hall–Kier alpha value is -2.71. The Kier molecular flexibility index (Phi) is 4.43. The zero-order valence-corrected chi connectivity index (χ0v) is 10.6. The molecule has 0 atom stereocenters. The molecular weight excluding hydrogens is 257 g/mol. The number of carbonyl (C=O) groups is 1. The monoisotopic (exact) mass is 269 g/mol. The maximum Gasteiger partial charge on any atom is 0.274 e. The van der Waals surface area contributed by atoms with Gasteiger partial charge < -0.3 is 11.1 Å². The molecule has 0 bridgehead atoms. The van der Waals surface area contributed by atoms with E-state index in [4.69, 9.17) is 5.73 Å². The van der Waals surface area contributed by atoms with E-state index in [1.165, 1.54) is 12.1 Å². The SMILES string of the molecule is NCC#Cc1cccc(NC(=O)c2ccc(F)cn2)c1. The van der Waals surface area contributed by atoms with Gasteiger partial charge in [0.1, 0.15) is 11.5 Å². The topological polar surface area (TPSA) is 68.0 Å². The zero-order chi connectivity index (χ0) is 14.4. The number of benzene rings is 1. The maximum absolute atomic E-state index is 12.7. The highest BCUT2D eigenvalue weighted by atomic mass is 19.1. The summed E-state index contributed by atoms with van der Waals surface area (Å²) < 4.78 is 12.7. The minimum atomic E-state index is -0.486. The number of halogens is 1. The molecule has 4 nitrogen and oxygen atoms in total. The number of hydrogen-bond acceptors (Lipinski definition) is 3. The molecule has 20 heavy (non-hydrogen) atoms. The van der Waals surface area contributed by atoms with Gasteiger partial charge in [-0.2, -0.15) is 0 Å². The molecule has 0 spiro atoms. The molecular formula is C15H12FN3O. The van der Waals surface area contributed by atoms with Crippen molar-refractivity contribution in [2.75, 3.05) is 11.9 Å². The third-order valence-electron chi connectivity index (χ3n) is 2.42. The number of aromatic nitrogens is 1. The first-order valence-electron chi connectivity index (χ1n) is 5.91. The lowest BCUT2D eigenvalue weighted by molar-refractivity contribution is 0.102. The third kappa shape index (κ3) is 3.64. The molecule has 0 aliphatic carbocycles. The van der Waals surface area contributed by atoms with Gasteiger partial charge in [0.05, 0.1) is 12.7 Å². The fourth-order valence-corrected chi connectivity index (χ4v) is 1.53. The first-order chi connectivity index (χ1) is 9.69. The lowest BCUT2D eigenvalue weighted by Gasteiger charge is -2.04. The Labute approximate surface area is 115 Å². The number of nitrogens with zero attached hydrogens (tertiary/aromatic N) is 1. The number of carbonyl (C=O) groups excluding carboxylic acids is 1. The average molecular weight is 269 g/mol. The molecule has 0 saturated carbocycles. The van der Waals surface area contributed by atoms with Crippen LogP contribution >= 0.6 is 0 Å². The van der Waals surface area contributed by atoms with Gasteiger partial charge >= 0.3 is 0 Å². The lowest BCUT2D eigenvalue weighted by Crippen LogP contribution is -2.13. The van der Waals surface area contributed by atoms with E-state index in [1.807, 2.05) is 6.07 Å². The standard InChI is InChI=1S/C15H12FN3O/c16-12-6-7-14(18-10-12)15(20)19-13-5-1-3-11(9-13)4-2-8-17/h1,3,5-7,9-10H,8,17H2,(H,19,20). The Bertz CT molecular complexity index is 672. The lowest BCUT2D eigenvalue weighted by atomic mass is 10.2. The van der Waals surface area contributed by atoms with Crippen LogP contribution in [-0.2, 0) is 0 Å². The van der Waals surface area contributed by atoms with Crippen LogP contribution in [-0.4, -0.2) is 17.4 Å². The molecule has 1 amide bonds. The number of nitrogens with one attached hydrogen (secondary N) is 1. The van der Waals surface area contributed by atoms with Crippen molar-refractivity contribution in [3.63, 3.8) is 0 Å². The van der Waals surface area contributed by atoms with Crippen molar-refractivity contribution in [1.29, 1.82) is 0 Å². The molecule has 0 radical (unpaired) electrons. The summed E-state index contributed by atoms with van der Waals surface area (Å²) in [5.74, 6) is 4.71. The van der Waals surface area contributed by atoms with Gasteiger partial charge in [-0.25, -0.2) is 9.37 Å². The molecule has 2 rings (SSSR count). The molecule has 3 N–H and O–H groups in total. The van der Waals surface area contributed by atoms with Crippen LogP contribution in [0.3, 0.4) is 0 Å². The summed E-state index contributed by atoms with van der Waals surface area (Å²) in [6.07, 6.45) is 0.998. The van der Waals surface area contributed by atoms with Gasteiger partial charge in [-0.1, -0.05) is 17.9 Å². The van der Waals surface area contributed by atoms with Crippen LogP contribution in [0.4, 0.5) is 10.1 Å². The maximum atomic E-state index is 12.7. The second kappa shape index (κ2) is 6.45.